The van der Waals surface area contributed by atoms with Crippen LogP contribution in [0.5, 0.6) is 0 Å². The number of carbonyl (C=O) groups is 1. The van der Waals surface area contributed by atoms with Gasteiger partial charge in [0.05, 0.1) is 4.47 Å². The zero-order valence-corrected chi connectivity index (χ0v) is 11.8. The number of carbonyl (C=O) groups excluding carboxylic acids is 1. The summed E-state index contributed by atoms with van der Waals surface area (Å²) in [6, 6.07) is 9.43. The summed E-state index contributed by atoms with van der Waals surface area (Å²) < 4.78 is 13.8. The maximum Gasteiger partial charge on any atom is 0.255 e. The molecule has 1 amide bonds. The minimum absolute atomic E-state index is 0.301. The average Bonchev–Trinajstić information content (AvgIpc) is 2.36. The zero-order valence-electron chi connectivity index (χ0n) is 10.2. The minimum atomic E-state index is -0.418. The number of amides is 1. The van der Waals surface area contributed by atoms with Crippen LogP contribution < -0.4 is 11.1 Å². The summed E-state index contributed by atoms with van der Waals surface area (Å²) >= 11 is 3.10. The van der Waals surface area contributed by atoms with E-state index in [1.165, 1.54) is 6.07 Å². The molecule has 0 aliphatic carbocycles. The monoisotopic (exact) mass is 322 g/mol. The molecule has 0 fully saturated rings. The van der Waals surface area contributed by atoms with Crippen molar-refractivity contribution in [2.24, 2.45) is 0 Å². The van der Waals surface area contributed by atoms with Crippen molar-refractivity contribution in [1.82, 2.24) is 0 Å². The second-order valence-corrected chi connectivity index (χ2v) is 5.01. The molecule has 98 valence electrons. The summed E-state index contributed by atoms with van der Waals surface area (Å²) in [5.41, 5.74) is 7.83. The van der Waals surface area contributed by atoms with Crippen molar-refractivity contribution in [2.45, 2.75) is 6.92 Å². The van der Waals surface area contributed by atoms with Gasteiger partial charge in [-0.15, -0.1) is 0 Å². The first-order valence-electron chi connectivity index (χ1n) is 5.60. The Balaban J connectivity index is 2.24. The molecule has 3 nitrogen and oxygen atoms in total. The Morgan fingerprint density at radius 2 is 1.89 bits per heavy atom. The van der Waals surface area contributed by atoms with Crippen molar-refractivity contribution in [3.63, 3.8) is 0 Å². The quantitative estimate of drug-likeness (QED) is 0.828. The van der Waals surface area contributed by atoms with Crippen LogP contribution in [-0.4, -0.2) is 5.91 Å². The van der Waals surface area contributed by atoms with E-state index in [1.807, 2.05) is 0 Å². The lowest BCUT2D eigenvalue weighted by Gasteiger charge is -2.09. The van der Waals surface area contributed by atoms with Gasteiger partial charge in [-0.2, -0.15) is 0 Å². The molecule has 2 rings (SSSR count). The predicted octanol–water partition coefficient (Wildman–Crippen LogP) is 3.73. The molecule has 3 N–H and O–H groups in total. The first-order chi connectivity index (χ1) is 8.97. The maximum atomic E-state index is 13.5. The Labute approximate surface area is 118 Å². The highest BCUT2D eigenvalue weighted by Crippen LogP contribution is 2.24. The lowest BCUT2D eigenvalue weighted by atomic mass is 10.1. The van der Waals surface area contributed by atoms with Gasteiger partial charge in [0, 0.05) is 16.9 Å². The summed E-state index contributed by atoms with van der Waals surface area (Å²) in [5, 5.41) is 2.67. The Morgan fingerprint density at radius 3 is 2.53 bits per heavy atom. The summed E-state index contributed by atoms with van der Waals surface area (Å²) in [6.07, 6.45) is 0. The van der Waals surface area contributed by atoms with Crippen molar-refractivity contribution in [2.75, 3.05) is 11.1 Å². The Morgan fingerprint density at radius 1 is 1.26 bits per heavy atom. The molecule has 19 heavy (non-hydrogen) atoms. The van der Waals surface area contributed by atoms with Gasteiger partial charge in [0.1, 0.15) is 5.82 Å². The van der Waals surface area contributed by atoms with Crippen LogP contribution >= 0.6 is 15.9 Å². The number of nitrogen functional groups attached to an aromatic ring is 1. The average molecular weight is 323 g/mol. The highest BCUT2D eigenvalue weighted by molar-refractivity contribution is 9.10. The SMILES string of the molecule is Cc1cc(Br)c(F)cc1NC(=O)c1ccc(N)cc1. The van der Waals surface area contributed by atoms with Crippen molar-refractivity contribution in [3.8, 4) is 0 Å². The molecule has 0 aromatic heterocycles. The summed E-state index contributed by atoms with van der Waals surface area (Å²) in [4.78, 5) is 12.0. The third-order valence-corrected chi connectivity index (χ3v) is 3.30. The van der Waals surface area contributed by atoms with Gasteiger partial charge in [-0.25, -0.2) is 4.39 Å². The van der Waals surface area contributed by atoms with Gasteiger partial charge >= 0.3 is 0 Å². The number of aryl methyl sites for hydroxylation is 1. The number of rotatable bonds is 2. The molecule has 0 saturated heterocycles. The van der Waals surface area contributed by atoms with Gasteiger partial charge in [0.25, 0.3) is 5.91 Å². The van der Waals surface area contributed by atoms with Crippen LogP contribution in [0.4, 0.5) is 15.8 Å². The lowest BCUT2D eigenvalue weighted by Crippen LogP contribution is -2.13. The van der Waals surface area contributed by atoms with Gasteiger partial charge in [-0.3, -0.25) is 4.79 Å². The van der Waals surface area contributed by atoms with Crippen molar-refractivity contribution in [1.29, 1.82) is 0 Å². The van der Waals surface area contributed by atoms with E-state index >= 15 is 0 Å². The normalized spacial score (nSPS) is 10.3. The van der Waals surface area contributed by atoms with E-state index in [0.29, 0.717) is 21.4 Å². The molecular formula is C14H12BrFN2O. The fraction of sp³-hybridized carbons (Fsp3) is 0.0714. The van der Waals surface area contributed by atoms with E-state index in [-0.39, 0.29) is 5.91 Å². The largest absolute Gasteiger partial charge is 0.399 e. The van der Waals surface area contributed by atoms with Gasteiger partial charge in [-0.1, -0.05) is 0 Å². The molecular weight excluding hydrogens is 311 g/mol. The van der Waals surface area contributed by atoms with Crippen LogP contribution in [0.1, 0.15) is 15.9 Å². The second kappa shape index (κ2) is 5.40. The number of nitrogens with two attached hydrogens (primary N) is 1. The number of anilines is 2. The van der Waals surface area contributed by atoms with Crippen molar-refractivity contribution < 1.29 is 9.18 Å². The van der Waals surface area contributed by atoms with Crippen molar-refractivity contribution >= 4 is 33.2 Å². The van der Waals surface area contributed by atoms with E-state index in [1.54, 1.807) is 37.3 Å². The van der Waals surface area contributed by atoms with Gasteiger partial charge in [-0.05, 0) is 64.8 Å². The van der Waals surface area contributed by atoms with Gasteiger partial charge in [0.2, 0.25) is 0 Å². The van der Waals surface area contributed by atoms with Gasteiger partial charge < -0.3 is 11.1 Å². The molecule has 0 atom stereocenters. The molecule has 2 aromatic carbocycles. The van der Waals surface area contributed by atoms with E-state index in [4.69, 9.17) is 5.73 Å². The Hall–Kier alpha value is -1.88. The maximum absolute atomic E-state index is 13.5. The second-order valence-electron chi connectivity index (χ2n) is 4.16. The lowest BCUT2D eigenvalue weighted by molar-refractivity contribution is 0.102. The van der Waals surface area contributed by atoms with Crippen molar-refractivity contribution in [3.05, 3.63) is 57.8 Å². The first-order valence-corrected chi connectivity index (χ1v) is 6.39. The molecule has 0 radical (unpaired) electrons. The van der Waals surface area contributed by atoms with Crippen LogP contribution in [0.25, 0.3) is 0 Å². The first kappa shape index (κ1) is 13.5. The van der Waals surface area contributed by atoms with Crippen LogP contribution in [0.15, 0.2) is 40.9 Å². The van der Waals surface area contributed by atoms with E-state index in [0.717, 1.165) is 5.56 Å². The highest BCUT2D eigenvalue weighted by atomic mass is 79.9. The third-order valence-electron chi connectivity index (χ3n) is 2.69. The molecule has 0 aliphatic heterocycles. The number of hydrogen-bond acceptors (Lipinski definition) is 2. The number of benzene rings is 2. The van der Waals surface area contributed by atoms with E-state index < -0.39 is 5.82 Å². The highest BCUT2D eigenvalue weighted by Gasteiger charge is 2.10. The Kier molecular flexibility index (Phi) is 3.85. The fourth-order valence-corrected chi connectivity index (χ4v) is 2.07. The third kappa shape index (κ3) is 3.12. The number of halogens is 2. The summed E-state index contributed by atoms with van der Waals surface area (Å²) in [7, 11) is 0. The van der Waals surface area contributed by atoms with E-state index in [2.05, 4.69) is 21.2 Å². The zero-order chi connectivity index (χ0) is 14.0. The minimum Gasteiger partial charge on any atom is -0.399 e. The van der Waals surface area contributed by atoms with E-state index in [9.17, 15) is 9.18 Å². The number of nitrogens with one attached hydrogen (secondary N) is 1. The topological polar surface area (TPSA) is 55.1 Å². The number of hydrogen-bond donors (Lipinski definition) is 2. The molecule has 0 spiro atoms. The van der Waals surface area contributed by atoms with Gasteiger partial charge in [0.15, 0.2) is 0 Å². The molecule has 0 bridgehead atoms. The molecule has 2 aromatic rings. The Bertz CT molecular complexity index is 626. The molecule has 0 aliphatic rings. The molecule has 0 unspecified atom stereocenters. The standard InChI is InChI=1S/C14H12BrFN2O/c1-8-6-11(15)12(16)7-13(8)18-14(19)9-2-4-10(17)5-3-9/h2-7H,17H2,1H3,(H,18,19). The smallest absolute Gasteiger partial charge is 0.255 e. The van der Waals surface area contributed by atoms with Crippen LogP contribution in [0.2, 0.25) is 0 Å². The molecule has 0 saturated carbocycles. The summed E-state index contributed by atoms with van der Waals surface area (Å²) in [5.74, 6) is -0.719. The van der Waals surface area contributed by atoms with Crippen LogP contribution in [-0.2, 0) is 0 Å². The fourth-order valence-electron chi connectivity index (χ4n) is 1.61. The molecule has 0 heterocycles. The predicted molar refractivity (Wildman–Crippen MR) is 77.6 cm³/mol. The van der Waals surface area contributed by atoms with Crippen LogP contribution in [0.3, 0.4) is 0 Å². The molecule has 5 heteroatoms. The van der Waals surface area contributed by atoms with Crippen LogP contribution in [0, 0.1) is 12.7 Å². The summed E-state index contributed by atoms with van der Waals surface area (Å²) in [6.45, 7) is 1.79.